The monoisotopic (exact) mass is 250 g/mol. The second-order valence-corrected chi connectivity index (χ2v) is 4.81. The van der Waals surface area contributed by atoms with Crippen molar-refractivity contribution in [3.8, 4) is 5.75 Å². The van der Waals surface area contributed by atoms with Crippen molar-refractivity contribution in [2.45, 2.75) is 24.9 Å². The Labute approximate surface area is 104 Å². The van der Waals surface area contributed by atoms with Crippen LogP contribution >= 0.6 is 11.6 Å². The third-order valence-electron chi connectivity index (χ3n) is 3.33. The van der Waals surface area contributed by atoms with Gasteiger partial charge in [0.05, 0.1) is 0 Å². The summed E-state index contributed by atoms with van der Waals surface area (Å²) < 4.78 is 5.73. The molecule has 1 heterocycles. The van der Waals surface area contributed by atoms with E-state index in [-0.39, 0.29) is 17.6 Å². The minimum Gasteiger partial charge on any atom is -0.485 e. The molecule has 4 heteroatoms. The van der Waals surface area contributed by atoms with Crippen LogP contribution in [0, 0.1) is 0 Å². The molecule has 2 unspecified atom stereocenters. The molecule has 0 saturated carbocycles. The highest BCUT2D eigenvalue weighted by Crippen LogP contribution is 2.46. The van der Waals surface area contributed by atoms with Crippen molar-refractivity contribution in [2.24, 2.45) is 0 Å². The van der Waals surface area contributed by atoms with E-state index in [4.69, 9.17) is 21.4 Å². The molecule has 17 heavy (non-hydrogen) atoms. The van der Waals surface area contributed by atoms with Crippen molar-refractivity contribution in [2.75, 3.05) is 0 Å². The molecule has 3 nitrogen and oxygen atoms in total. The second kappa shape index (κ2) is 3.77. The van der Waals surface area contributed by atoms with E-state index in [1.165, 1.54) is 6.07 Å². The summed E-state index contributed by atoms with van der Waals surface area (Å²) in [5.74, 6) is -0.262. The van der Waals surface area contributed by atoms with Crippen LogP contribution in [0.15, 0.2) is 24.3 Å². The number of hydrogen-bond donors (Lipinski definition) is 1. The van der Waals surface area contributed by atoms with Gasteiger partial charge in [0.2, 0.25) is 0 Å². The molecule has 1 N–H and O–H groups in total. The zero-order valence-electron chi connectivity index (χ0n) is 9.02. The van der Waals surface area contributed by atoms with Gasteiger partial charge in [0.15, 0.2) is 0 Å². The van der Waals surface area contributed by atoms with Gasteiger partial charge in [0.25, 0.3) is 0 Å². The third kappa shape index (κ3) is 1.62. The van der Waals surface area contributed by atoms with Crippen LogP contribution in [0.4, 0.5) is 0 Å². The van der Waals surface area contributed by atoms with Crippen LogP contribution in [0.5, 0.6) is 5.75 Å². The van der Waals surface area contributed by atoms with Gasteiger partial charge in [-0.15, -0.1) is 0 Å². The van der Waals surface area contributed by atoms with E-state index in [2.05, 4.69) is 6.08 Å². The molecule has 2 aliphatic rings. The lowest BCUT2D eigenvalue weighted by Gasteiger charge is -2.18. The summed E-state index contributed by atoms with van der Waals surface area (Å²) >= 11 is 5.97. The summed E-state index contributed by atoms with van der Waals surface area (Å²) in [7, 11) is 0. The molecular formula is C13H11ClO3. The fraction of sp³-hybridized carbons (Fsp3) is 0.308. The highest BCUT2D eigenvalue weighted by atomic mass is 35.5. The van der Waals surface area contributed by atoms with Gasteiger partial charge in [-0.2, -0.15) is 0 Å². The van der Waals surface area contributed by atoms with Gasteiger partial charge in [-0.05, 0) is 31.1 Å². The normalized spacial score (nSPS) is 25.0. The number of allylic oxidation sites excluding steroid dienone is 1. The molecule has 1 aliphatic carbocycles. The van der Waals surface area contributed by atoms with Crippen LogP contribution in [0.3, 0.4) is 0 Å². The van der Waals surface area contributed by atoms with E-state index >= 15 is 0 Å². The first-order valence-corrected chi connectivity index (χ1v) is 5.94. The SMILES string of the molecule is O=C(O)c1cc(Cl)cc2c1OC1C=CCCC21. The molecule has 2 atom stereocenters. The number of aromatic carboxylic acids is 1. The van der Waals surface area contributed by atoms with E-state index in [1.807, 2.05) is 12.1 Å². The average Bonchev–Trinajstić information content (AvgIpc) is 2.66. The Morgan fingerprint density at radius 3 is 3.06 bits per heavy atom. The summed E-state index contributed by atoms with van der Waals surface area (Å²) in [4.78, 5) is 11.2. The number of ether oxygens (including phenoxy) is 1. The number of halogens is 1. The highest BCUT2D eigenvalue weighted by molar-refractivity contribution is 6.31. The van der Waals surface area contributed by atoms with E-state index in [1.54, 1.807) is 0 Å². The molecule has 0 radical (unpaired) electrons. The number of carboxylic acid groups (broad SMARTS) is 1. The summed E-state index contributed by atoms with van der Waals surface area (Å²) in [6.45, 7) is 0. The Bertz CT molecular complexity index is 522. The zero-order chi connectivity index (χ0) is 12.0. The number of benzene rings is 1. The second-order valence-electron chi connectivity index (χ2n) is 4.37. The van der Waals surface area contributed by atoms with Crippen molar-refractivity contribution in [1.29, 1.82) is 0 Å². The van der Waals surface area contributed by atoms with Gasteiger partial charge < -0.3 is 9.84 Å². The number of carbonyl (C=O) groups is 1. The molecule has 0 fully saturated rings. The maximum Gasteiger partial charge on any atom is 0.339 e. The smallest absolute Gasteiger partial charge is 0.339 e. The summed E-state index contributed by atoms with van der Waals surface area (Å²) in [5.41, 5.74) is 1.10. The Kier molecular flexibility index (Phi) is 2.37. The topological polar surface area (TPSA) is 46.5 Å². The molecule has 88 valence electrons. The van der Waals surface area contributed by atoms with Crippen molar-refractivity contribution >= 4 is 17.6 Å². The average molecular weight is 251 g/mol. The van der Waals surface area contributed by atoms with Crippen LogP contribution in [0.1, 0.15) is 34.7 Å². The predicted octanol–water partition coefficient (Wildman–Crippen LogP) is 3.23. The minimum atomic E-state index is -0.994. The van der Waals surface area contributed by atoms with E-state index in [0.717, 1.165) is 18.4 Å². The lowest BCUT2D eigenvalue weighted by molar-refractivity contribution is 0.0692. The third-order valence-corrected chi connectivity index (χ3v) is 3.55. The summed E-state index contributed by atoms with van der Waals surface area (Å²) in [5, 5.41) is 9.61. The Balaban J connectivity index is 2.15. The van der Waals surface area contributed by atoms with Crippen LogP contribution in [-0.2, 0) is 0 Å². The Morgan fingerprint density at radius 1 is 1.47 bits per heavy atom. The number of rotatable bonds is 1. The number of carboxylic acids is 1. The summed E-state index contributed by atoms with van der Waals surface area (Å²) in [6.07, 6.45) is 6.03. The van der Waals surface area contributed by atoms with Crippen LogP contribution in [-0.4, -0.2) is 17.2 Å². The largest absolute Gasteiger partial charge is 0.485 e. The molecule has 0 aromatic heterocycles. The van der Waals surface area contributed by atoms with E-state index in [9.17, 15) is 4.79 Å². The lowest BCUT2D eigenvalue weighted by atomic mass is 9.87. The van der Waals surface area contributed by atoms with E-state index in [0.29, 0.717) is 10.8 Å². The molecule has 0 spiro atoms. The first-order chi connectivity index (χ1) is 8.16. The molecule has 3 rings (SSSR count). The van der Waals surface area contributed by atoms with Gasteiger partial charge >= 0.3 is 5.97 Å². The molecular weight excluding hydrogens is 240 g/mol. The zero-order valence-corrected chi connectivity index (χ0v) is 9.78. The van der Waals surface area contributed by atoms with Gasteiger partial charge in [-0.1, -0.05) is 17.7 Å². The van der Waals surface area contributed by atoms with Crippen molar-refractivity contribution < 1.29 is 14.6 Å². The van der Waals surface area contributed by atoms with Gasteiger partial charge in [-0.25, -0.2) is 4.79 Å². The van der Waals surface area contributed by atoms with Crippen LogP contribution < -0.4 is 4.74 Å². The number of fused-ring (bicyclic) bond motifs is 3. The first kappa shape index (κ1) is 10.7. The molecule has 1 aliphatic heterocycles. The van der Waals surface area contributed by atoms with Crippen molar-refractivity contribution in [3.63, 3.8) is 0 Å². The van der Waals surface area contributed by atoms with Crippen LogP contribution in [0.2, 0.25) is 5.02 Å². The fourth-order valence-electron chi connectivity index (χ4n) is 2.58. The van der Waals surface area contributed by atoms with Gasteiger partial charge in [0, 0.05) is 16.5 Å². The standard InChI is InChI=1S/C13H11ClO3/c14-7-5-9-8-3-1-2-4-11(8)17-12(9)10(6-7)13(15)16/h2,4-6,8,11H,1,3H2,(H,15,16). The van der Waals surface area contributed by atoms with Gasteiger partial charge in [-0.3, -0.25) is 0 Å². The van der Waals surface area contributed by atoms with Crippen molar-refractivity contribution in [1.82, 2.24) is 0 Å². The lowest BCUT2D eigenvalue weighted by Crippen LogP contribution is -2.18. The predicted molar refractivity (Wildman–Crippen MR) is 63.9 cm³/mol. The number of hydrogen-bond acceptors (Lipinski definition) is 2. The molecule has 1 aromatic carbocycles. The highest BCUT2D eigenvalue weighted by Gasteiger charge is 2.36. The molecule has 0 saturated heterocycles. The van der Waals surface area contributed by atoms with Crippen LogP contribution in [0.25, 0.3) is 0 Å². The molecule has 0 bridgehead atoms. The summed E-state index contributed by atoms with van der Waals surface area (Å²) in [6, 6.07) is 3.27. The molecule has 0 amide bonds. The quantitative estimate of drug-likeness (QED) is 0.779. The van der Waals surface area contributed by atoms with Crippen molar-refractivity contribution in [3.05, 3.63) is 40.4 Å². The Morgan fingerprint density at radius 2 is 2.29 bits per heavy atom. The molecule has 1 aromatic rings. The first-order valence-electron chi connectivity index (χ1n) is 5.57. The fourth-order valence-corrected chi connectivity index (χ4v) is 2.80. The Hall–Kier alpha value is -1.48. The van der Waals surface area contributed by atoms with Gasteiger partial charge in [0.1, 0.15) is 17.4 Å². The minimum absolute atomic E-state index is 0.0321. The van der Waals surface area contributed by atoms with E-state index < -0.39 is 5.97 Å². The maximum atomic E-state index is 11.2. The maximum absolute atomic E-state index is 11.2.